The highest BCUT2D eigenvalue weighted by Gasteiger charge is 2.11. The molecule has 0 aliphatic heterocycles. The number of fused-ring (bicyclic) bond motifs is 1. The van der Waals surface area contributed by atoms with Gasteiger partial charge in [-0.2, -0.15) is 0 Å². The quantitative estimate of drug-likeness (QED) is 0.408. The van der Waals surface area contributed by atoms with Crippen LogP contribution in [0.2, 0.25) is 5.02 Å². The fraction of sp³-hybridized carbons (Fsp3) is 0.167. The summed E-state index contributed by atoms with van der Waals surface area (Å²) in [7, 11) is 0. The lowest BCUT2D eigenvalue weighted by Crippen LogP contribution is -2.23. The zero-order chi connectivity index (χ0) is 16.9. The molecule has 0 radical (unpaired) electrons. The smallest absolute Gasteiger partial charge is 0.119 e. The Morgan fingerprint density at radius 1 is 1.17 bits per heavy atom. The summed E-state index contributed by atoms with van der Waals surface area (Å²) >= 11 is 5.83. The van der Waals surface area contributed by atoms with Gasteiger partial charge in [-0.3, -0.25) is 0 Å². The van der Waals surface area contributed by atoms with Crippen LogP contribution >= 0.6 is 11.6 Å². The molecule has 3 aromatic rings. The van der Waals surface area contributed by atoms with Gasteiger partial charge >= 0.3 is 0 Å². The molecule has 1 heterocycles. The van der Waals surface area contributed by atoms with E-state index in [1.165, 1.54) is 6.21 Å². The molecule has 3 rings (SSSR count). The van der Waals surface area contributed by atoms with E-state index < -0.39 is 6.10 Å². The molecule has 2 aromatic carbocycles. The summed E-state index contributed by atoms with van der Waals surface area (Å²) in [5.41, 5.74) is 1.75. The third-order valence-electron chi connectivity index (χ3n) is 3.68. The van der Waals surface area contributed by atoms with Crippen molar-refractivity contribution in [1.29, 1.82) is 0 Å². The van der Waals surface area contributed by atoms with E-state index >= 15 is 0 Å². The Balaban J connectivity index is 1.71. The van der Waals surface area contributed by atoms with Crippen LogP contribution in [0.25, 0.3) is 10.9 Å². The number of halogens is 1. The number of hydrogen-bond acceptors (Lipinski definition) is 4. The molecule has 0 saturated heterocycles. The van der Waals surface area contributed by atoms with Crippen LogP contribution in [0, 0.1) is 0 Å². The van der Waals surface area contributed by atoms with Crippen LogP contribution in [-0.4, -0.2) is 33.8 Å². The van der Waals surface area contributed by atoms with Crippen LogP contribution in [0.5, 0.6) is 5.75 Å². The SMILES string of the molecule is O/N=C\c1cn(CC(O)COc2ccc(Cl)cc2)c2ccccc12. The minimum absolute atomic E-state index is 0.164. The molecule has 0 aliphatic carbocycles. The maximum absolute atomic E-state index is 10.3. The molecule has 124 valence electrons. The highest BCUT2D eigenvalue weighted by Crippen LogP contribution is 2.21. The van der Waals surface area contributed by atoms with Crippen molar-refractivity contribution in [3.8, 4) is 5.75 Å². The van der Waals surface area contributed by atoms with Crippen LogP contribution in [0.3, 0.4) is 0 Å². The normalized spacial score (nSPS) is 12.8. The number of rotatable bonds is 6. The average molecular weight is 345 g/mol. The van der Waals surface area contributed by atoms with Crippen molar-refractivity contribution in [2.75, 3.05) is 6.61 Å². The van der Waals surface area contributed by atoms with Crippen LogP contribution < -0.4 is 4.74 Å². The first-order valence-electron chi connectivity index (χ1n) is 7.49. The van der Waals surface area contributed by atoms with Crippen molar-refractivity contribution >= 4 is 28.7 Å². The van der Waals surface area contributed by atoms with Gasteiger partial charge in [-0.05, 0) is 30.3 Å². The minimum atomic E-state index is -0.685. The standard InChI is InChI=1S/C18H17ClN2O3/c19-14-5-7-16(8-6-14)24-12-15(22)11-21-10-13(9-20-23)17-3-1-2-4-18(17)21/h1-10,15,22-23H,11-12H2/b20-9-. The molecular weight excluding hydrogens is 328 g/mol. The van der Waals surface area contributed by atoms with Crippen LogP contribution in [-0.2, 0) is 6.54 Å². The van der Waals surface area contributed by atoms with Gasteiger partial charge in [-0.25, -0.2) is 0 Å². The number of benzene rings is 2. The summed E-state index contributed by atoms with van der Waals surface area (Å²) in [5, 5.41) is 23.7. The van der Waals surface area contributed by atoms with Gasteiger partial charge in [0.2, 0.25) is 0 Å². The van der Waals surface area contributed by atoms with Crippen molar-refractivity contribution in [2.24, 2.45) is 5.16 Å². The lowest BCUT2D eigenvalue weighted by molar-refractivity contribution is 0.0936. The van der Waals surface area contributed by atoms with E-state index in [-0.39, 0.29) is 6.61 Å². The Hall–Kier alpha value is -2.50. The van der Waals surface area contributed by atoms with E-state index in [1.807, 2.05) is 35.0 Å². The number of oxime groups is 1. The third kappa shape index (κ3) is 3.69. The first kappa shape index (κ1) is 16.4. The Morgan fingerprint density at radius 3 is 2.67 bits per heavy atom. The Morgan fingerprint density at radius 2 is 1.92 bits per heavy atom. The molecule has 0 bridgehead atoms. The maximum Gasteiger partial charge on any atom is 0.119 e. The van der Waals surface area contributed by atoms with E-state index in [4.69, 9.17) is 21.5 Å². The van der Waals surface area contributed by atoms with Crippen molar-refractivity contribution in [2.45, 2.75) is 12.6 Å². The van der Waals surface area contributed by atoms with E-state index in [9.17, 15) is 5.11 Å². The number of ether oxygens (including phenoxy) is 1. The second-order valence-corrected chi connectivity index (χ2v) is 5.85. The largest absolute Gasteiger partial charge is 0.491 e. The predicted octanol–water partition coefficient (Wildman–Crippen LogP) is 3.54. The van der Waals surface area contributed by atoms with Gasteiger partial charge in [-0.1, -0.05) is 35.0 Å². The number of aliphatic hydroxyl groups excluding tert-OH is 1. The van der Waals surface area contributed by atoms with Crippen LogP contribution in [0.15, 0.2) is 59.9 Å². The van der Waals surface area contributed by atoms with Gasteiger partial charge in [0.25, 0.3) is 0 Å². The highest BCUT2D eigenvalue weighted by molar-refractivity contribution is 6.30. The van der Waals surface area contributed by atoms with Crippen LogP contribution in [0.4, 0.5) is 0 Å². The molecule has 0 aliphatic rings. The second-order valence-electron chi connectivity index (χ2n) is 5.42. The zero-order valence-corrected chi connectivity index (χ0v) is 13.6. The van der Waals surface area contributed by atoms with Crippen molar-refractivity contribution < 1.29 is 15.1 Å². The number of hydrogen-bond donors (Lipinski definition) is 2. The minimum Gasteiger partial charge on any atom is -0.491 e. The summed E-state index contributed by atoms with van der Waals surface area (Å²) in [5.74, 6) is 0.656. The summed E-state index contributed by atoms with van der Waals surface area (Å²) in [6.07, 6.45) is 2.54. The Bertz CT molecular complexity index is 843. The van der Waals surface area contributed by atoms with Gasteiger partial charge in [-0.15, -0.1) is 0 Å². The molecule has 0 amide bonds. The van der Waals surface area contributed by atoms with Crippen molar-refractivity contribution in [3.05, 3.63) is 65.3 Å². The summed E-state index contributed by atoms with van der Waals surface area (Å²) in [4.78, 5) is 0. The molecule has 5 nitrogen and oxygen atoms in total. The molecule has 0 spiro atoms. The molecule has 0 saturated carbocycles. The van der Waals surface area contributed by atoms with Gasteiger partial charge < -0.3 is 19.6 Å². The van der Waals surface area contributed by atoms with E-state index in [0.29, 0.717) is 17.3 Å². The molecule has 0 fully saturated rings. The molecule has 1 unspecified atom stereocenters. The number of para-hydroxylation sites is 1. The Labute approximate surface area is 144 Å². The summed E-state index contributed by atoms with van der Waals surface area (Å²) < 4.78 is 7.49. The fourth-order valence-electron chi connectivity index (χ4n) is 2.59. The van der Waals surface area contributed by atoms with E-state index in [1.54, 1.807) is 24.3 Å². The number of aliphatic hydroxyl groups is 1. The molecular formula is C18H17ClN2O3. The monoisotopic (exact) mass is 344 g/mol. The molecule has 24 heavy (non-hydrogen) atoms. The van der Waals surface area contributed by atoms with Gasteiger partial charge in [0.15, 0.2) is 0 Å². The highest BCUT2D eigenvalue weighted by atomic mass is 35.5. The Kier molecular flexibility index (Phi) is 5.03. The number of aromatic nitrogens is 1. The zero-order valence-electron chi connectivity index (χ0n) is 12.8. The lowest BCUT2D eigenvalue weighted by Gasteiger charge is -2.14. The van der Waals surface area contributed by atoms with Crippen molar-refractivity contribution in [1.82, 2.24) is 4.57 Å². The van der Waals surface area contributed by atoms with Gasteiger partial charge in [0.05, 0.1) is 12.8 Å². The maximum atomic E-state index is 10.3. The van der Waals surface area contributed by atoms with Gasteiger partial charge in [0.1, 0.15) is 18.5 Å². The summed E-state index contributed by atoms with van der Waals surface area (Å²) in [6, 6.07) is 14.7. The molecule has 6 heteroatoms. The fourth-order valence-corrected chi connectivity index (χ4v) is 2.72. The first-order chi connectivity index (χ1) is 11.7. The number of nitrogens with zero attached hydrogens (tertiary/aromatic N) is 2. The first-order valence-corrected chi connectivity index (χ1v) is 7.87. The molecule has 1 aromatic heterocycles. The van der Waals surface area contributed by atoms with E-state index in [0.717, 1.165) is 16.5 Å². The lowest BCUT2D eigenvalue weighted by atomic mass is 10.2. The topological polar surface area (TPSA) is 67.0 Å². The van der Waals surface area contributed by atoms with Crippen molar-refractivity contribution in [3.63, 3.8) is 0 Å². The summed E-state index contributed by atoms with van der Waals surface area (Å²) in [6.45, 7) is 0.533. The van der Waals surface area contributed by atoms with Crippen LogP contribution in [0.1, 0.15) is 5.56 Å². The predicted molar refractivity (Wildman–Crippen MR) is 94.3 cm³/mol. The third-order valence-corrected chi connectivity index (χ3v) is 3.93. The molecule has 2 N–H and O–H groups in total. The average Bonchev–Trinajstić information content (AvgIpc) is 2.93. The second kappa shape index (κ2) is 7.38. The van der Waals surface area contributed by atoms with E-state index in [2.05, 4.69) is 5.16 Å². The van der Waals surface area contributed by atoms with Gasteiger partial charge in [0, 0.05) is 27.7 Å². The molecule has 1 atom stereocenters.